The first-order valence-electron chi connectivity index (χ1n) is 6.13. The fourth-order valence-corrected chi connectivity index (χ4v) is 2.59. The van der Waals surface area contributed by atoms with Crippen molar-refractivity contribution in [3.63, 3.8) is 0 Å². The maximum absolute atomic E-state index is 10.9. The summed E-state index contributed by atoms with van der Waals surface area (Å²) in [5, 5.41) is 12.2. The van der Waals surface area contributed by atoms with Crippen LogP contribution in [0.25, 0.3) is 0 Å². The summed E-state index contributed by atoms with van der Waals surface area (Å²) in [5.74, 6) is 0.162. The van der Waals surface area contributed by atoms with Crippen LogP contribution in [0.1, 0.15) is 23.6 Å². The minimum Gasteiger partial charge on any atom is -0.496 e. The summed E-state index contributed by atoms with van der Waals surface area (Å²) in [6.45, 7) is 2.00. The van der Waals surface area contributed by atoms with Gasteiger partial charge in [-0.1, -0.05) is 12.1 Å². The molecule has 0 aliphatic heterocycles. The van der Waals surface area contributed by atoms with Crippen LogP contribution in [0.15, 0.2) is 18.2 Å². The van der Waals surface area contributed by atoms with Crippen LogP contribution >= 0.6 is 0 Å². The molecule has 0 aromatic heterocycles. The molecule has 4 heteroatoms. The van der Waals surface area contributed by atoms with Crippen molar-refractivity contribution in [2.45, 2.75) is 19.4 Å². The van der Waals surface area contributed by atoms with E-state index in [-0.39, 0.29) is 17.9 Å². The Morgan fingerprint density at radius 2 is 2.28 bits per heavy atom. The van der Waals surface area contributed by atoms with E-state index in [9.17, 15) is 4.79 Å². The van der Waals surface area contributed by atoms with Gasteiger partial charge in [0, 0.05) is 6.04 Å². The monoisotopic (exact) mass is 249 g/mol. The van der Waals surface area contributed by atoms with Crippen molar-refractivity contribution in [1.82, 2.24) is 5.32 Å². The van der Waals surface area contributed by atoms with Gasteiger partial charge in [0.2, 0.25) is 0 Å². The first-order valence-corrected chi connectivity index (χ1v) is 6.13. The molecule has 1 aliphatic rings. The number of carboxylic acid groups (broad SMARTS) is 1. The van der Waals surface area contributed by atoms with Crippen LogP contribution in [0.5, 0.6) is 5.75 Å². The summed E-state index contributed by atoms with van der Waals surface area (Å²) >= 11 is 0. The molecule has 1 fully saturated rings. The zero-order valence-corrected chi connectivity index (χ0v) is 10.9. The highest BCUT2D eigenvalue weighted by atomic mass is 16.5. The Morgan fingerprint density at radius 1 is 1.56 bits per heavy atom. The molecule has 0 bridgehead atoms. The largest absolute Gasteiger partial charge is 0.496 e. The van der Waals surface area contributed by atoms with Crippen molar-refractivity contribution in [2.75, 3.05) is 14.2 Å². The molecule has 1 saturated carbocycles. The molecule has 2 N–H and O–H groups in total. The Bertz CT molecular complexity index is 458. The van der Waals surface area contributed by atoms with Crippen LogP contribution in [0.4, 0.5) is 0 Å². The first kappa shape index (κ1) is 12.9. The van der Waals surface area contributed by atoms with Gasteiger partial charge in [0.05, 0.1) is 13.0 Å². The Morgan fingerprint density at radius 3 is 2.72 bits per heavy atom. The van der Waals surface area contributed by atoms with Gasteiger partial charge in [-0.15, -0.1) is 0 Å². The third kappa shape index (κ3) is 2.34. The molecule has 1 aromatic rings. The predicted octanol–water partition coefficient (Wildman–Crippen LogP) is 1.98. The SMILES string of the molecule is CNC(c1ccc(OC)c(C)c1)C1CC1C(=O)O. The Kier molecular flexibility index (Phi) is 3.57. The summed E-state index contributed by atoms with van der Waals surface area (Å²) in [5.41, 5.74) is 2.20. The number of aryl methyl sites for hydroxylation is 1. The van der Waals surface area contributed by atoms with Crippen LogP contribution in [-0.2, 0) is 4.79 Å². The van der Waals surface area contributed by atoms with E-state index in [2.05, 4.69) is 11.4 Å². The van der Waals surface area contributed by atoms with E-state index in [1.54, 1.807) is 7.11 Å². The van der Waals surface area contributed by atoms with Crippen LogP contribution in [0.2, 0.25) is 0 Å². The zero-order valence-electron chi connectivity index (χ0n) is 10.9. The number of aliphatic carboxylic acids is 1. The summed E-state index contributed by atoms with van der Waals surface area (Å²) in [7, 11) is 3.53. The molecule has 0 saturated heterocycles. The number of nitrogens with one attached hydrogen (secondary N) is 1. The topological polar surface area (TPSA) is 58.6 Å². The molecular weight excluding hydrogens is 230 g/mol. The molecule has 0 heterocycles. The van der Waals surface area contributed by atoms with E-state index in [1.165, 1.54) is 0 Å². The Hall–Kier alpha value is -1.55. The molecule has 0 amide bonds. The minimum absolute atomic E-state index is 0.107. The van der Waals surface area contributed by atoms with Crippen molar-refractivity contribution in [3.05, 3.63) is 29.3 Å². The predicted molar refractivity (Wildman–Crippen MR) is 68.8 cm³/mol. The van der Waals surface area contributed by atoms with Gasteiger partial charge in [0.15, 0.2) is 0 Å². The highest BCUT2D eigenvalue weighted by Crippen LogP contribution is 2.47. The highest BCUT2D eigenvalue weighted by molar-refractivity contribution is 5.73. The lowest BCUT2D eigenvalue weighted by Gasteiger charge is -2.18. The molecule has 3 unspecified atom stereocenters. The average molecular weight is 249 g/mol. The van der Waals surface area contributed by atoms with Crippen molar-refractivity contribution in [1.29, 1.82) is 0 Å². The quantitative estimate of drug-likeness (QED) is 0.837. The smallest absolute Gasteiger partial charge is 0.306 e. The zero-order chi connectivity index (χ0) is 13.3. The van der Waals surface area contributed by atoms with Crippen LogP contribution in [-0.4, -0.2) is 25.2 Å². The summed E-state index contributed by atoms with van der Waals surface area (Å²) in [6.07, 6.45) is 0.756. The van der Waals surface area contributed by atoms with Gasteiger partial charge in [-0.2, -0.15) is 0 Å². The fourth-order valence-electron chi connectivity index (χ4n) is 2.59. The molecule has 1 aliphatic carbocycles. The second kappa shape index (κ2) is 4.98. The molecule has 18 heavy (non-hydrogen) atoms. The van der Waals surface area contributed by atoms with Gasteiger partial charge in [-0.05, 0) is 43.5 Å². The van der Waals surface area contributed by atoms with Crippen LogP contribution in [0.3, 0.4) is 0 Å². The second-order valence-electron chi connectivity index (χ2n) is 4.84. The number of hydrogen-bond acceptors (Lipinski definition) is 3. The van der Waals surface area contributed by atoms with Crippen molar-refractivity contribution in [2.24, 2.45) is 11.8 Å². The number of rotatable bonds is 5. The van der Waals surface area contributed by atoms with E-state index < -0.39 is 5.97 Å². The van der Waals surface area contributed by atoms with Crippen molar-refractivity contribution in [3.8, 4) is 5.75 Å². The van der Waals surface area contributed by atoms with Gasteiger partial charge in [-0.25, -0.2) is 0 Å². The van der Waals surface area contributed by atoms with E-state index in [0.717, 1.165) is 23.3 Å². The molecular formula is C14H19NO3. The molecule has 1 aromatic carbocycles. The number of carbonyl (C=O) groups is 1. The second-order valence-corrected chi connectivity index (χ2v) is 4.84. The molecule has 98 valence electrons. The summed E-state index contributed by atoms with van der Waals surface area (Å²) in [6, 6.07) is 6.12. The standard InChI is InChI=1S/C14H19NO3/c1-8-6-9(4-5-12(8)18-3)13(15-2)10-7-11(10)14(16)17/h4-6,10-11,13,15H,7H2,1-3H3,(H,16,17). The Labute approximate surface area is 107 Å². The third-order valence-electron chi connectivity index (χ3n) is 3.67. The maximum atomic E-state index is 10.9. The molecule has 4 nitrogen and oxygen atoms in total. The number of ether oxygens (including phenoxy) is 1. The lowest BCUT2D eigenvalue weighted by molar-refractivity contribution is -0.138. The maximum Gasteiger partial charge on any atom is 0.306 e. The molecule has 0 spiro atoms. The van der Waals surface area contributed by atoms with Crippen molar-refractivity contribution < 1.29 is 14.6 Å². The lowest BCUT2D eigenvalue weighted by Crippen LogP contribution is -2.20. The van der Waals surface area contributed by atoms with Gasteiger partial charge in [0.1, 0.15) is 5.75 Å². The third-order valence-corrected chi connectivity index (χ3v) is 3.67. The fraction of sp³-hybridized carbons (Fsp3) is 0.500. The van der Waals surface area contributed by atoms with E-state index >= 15 is 0 Å². The number of carboxylic acids is 1. The number of methoxy groups -OCH3 is 1. The summed E-state index contributed by atoms with van der Waals surface area (Å²) in [4.78, 5) is 10.9. The lowest BCUT2D eigenvalue weighted by atomic mass is 9.99. The summed E-state index contributed by atoms with van der Waals surface area (Å²) < 4.78 is 5.23. The van der Waals surface area contributed by atoms with E-state index in [4.69, 9.17) is 9.84 Å². The molecule has 3 atom stereocenters. The number of hydrogen-bond donors (Lipinski definition) is 2. The van der Waals surface area contributed by atoms with Gasteiger partial charge in [0.25, 0.3) is 0 Å². The normalized spacial score (nSPS) is 23.5. The highest BCUT2D eigenvalue weighted by Gasteiger charge is 2.47. The molecule has 2 rings (SSSR count). The Balaban J connectivity index is 2.19. The van der Waals surface area contributed by atoms with E-state index in [1.807, 2.05) is 26.1 Å². The van der Waals surface area contributed by atoms with Crippen LogP contribution in [0, 0.1) is 18.8 Å². The number of benzene rings is 1. The van der Waals surface area contributed by atoms with Crippen LogP contribution < -0.4 is 10.1 Å². The van der Waals surface area contributed by atoms with Gasteiger partial charge in [-0.3, -0.25) is 4.79 Å². The van der Waals surface area contributed by atoms with Gasteiger partial charge < -0.3 is 15.2 Å². The van der Waals surface area contributed by atoms with E-state index in [0.29, 0.717) is 0 Å². The minimum atomic E-state index is -0.689. The van der Waals surface area contributed by atoms with Crippen molar-refractivity contribution >= 4 is 5.97 Å². The first-order chi connectivity index (χ1) is 8.58. The molecule has 0 radical (unpaired) electrons. The van der Waals surface area contributed by atoms with Gasteiger partial charge >= 0.3 is 5.97 Å². The average Bonchev–Trinajstić information content (AvgIpc) is 3.11.